The highest BCUT2D eigenvalue weighted by Crippen LogP contribution is 2.12. The van der Waals surface area contributed by atoms with Gasteiger partial charge in [0.05, 0.1) is 12.2 Å². The van der Waals surface area contributed by atoms with Crippen LogP contribution >= 0.6 is 0 Å². The third kappa shape index (κ3) is 2.11. The molecule has 2 rings (SSSR count). The first-order valence-corrected chi connectivity index (χ1v) is 5.08. The lowest BCUT2D eigenvalue weighted by Gasteiger charge is -2.07. The van der Waals surface area contributed by atoms with Gasteiger partial charge < -0.3 is 10.3 Å². The van der Waals surface area contributed by atoms with Crippen LogP contribution < -0.4 is 5.73 Å². The number of nitrogens with zero attached hydrogens (tertiary/aromatic N) is 2. The summed E-state index contributed by atoms with van der Waals surface area (Å²) in [5.41, 5.74) is 8.58. The molecule has 1 aromatic carbocycles. The number of rotatable bonds is 3. The summed E-state index contributed by atoms with van der Waals surface area (Å²) >= 11 is 0. The Bertz CT molecular complexity index is 496. The molecule has 4 nitrogen and oxygen atoms in total. The molecule has 2 aromatic rings. The lowest BCUT2D eigenvalue weighted by Crippen LogP contribution is -2.15. The first-order chi connectivity index (χ1) is 7.66. The van der Waals surface area contributed by atoms with Crippen LogP contribution in [0.4, 0.5) is 0 Å². The van der Waals surface area contributed by atoms with Gasteiger partial charge in [0, 0.05) is 24.0 Å². The number of imidazole rings is 1. The number of amidine groups is 1. The van der Waals surface area contributed by atoms with Gasteiger partial charge in [-0.1, -0.05) is 17.7 Å². The van der Waals surface area contributed by atoms with Gasteiger partial charge in [-0.3, -0.25) is 5.41 Å². The zero-order chi connectivity index (χ0) is 11.5. The van der Waals surface area contributed by atoms with Crippen molar-refractivity contribution in [1.82, 2.24) is 9.55 Å². The summed E-state index contributed by atoms with van der Waals surface area (Å²) in [6, 6.07) is 8.15. The van der Waals surface area contributed by atoms with Gasteiger partial charge in [0.25, 0.3) is 0 Å². The lowest BCUT2D eigenvalue weighted by atomic mass is 10.2. The van der Waals surface area contributed by atoms with Crippen LogP contribution in [0.5, 0.6) is 0 Å². The van der Waals surface area contributed by atoms with E-state index in [4.69, 9.17) is 11.1 Å². The Morgan fingerprint density at radius 3 is 2.69 bits per heavy atom. The molecule has 0 saturated heterocycles. The molecule has 0 amide bonds. The van der Waals surface area contributed by atoms with Crippen molar-refractivity contribution in [2.75, 3.05) is 0 Å². The summed E-state index contributed by atoms with van der Waals surface area (Å²) in [4.78, 5) is 4.08. The van der Waals surface area contributed by atoms with E-state index in [2.05, 4.69) is 4.98 Å². The van der Waals surface area contributed by atoms with Crippen molar-refractivity contribution in [3.8, 4) is 5.69 Å². The quantitative estimate of drug-likeness (QED) is 0.602. The molecule has 0 saturated carbocycles. The minimum absolute atomic E-state index is 0.147. The standard InChI is InChI=1S/C12H14N4/c1-9-2-4-10(5-3-9)16-8-15-7-11(16)6-12(13)14/h2-5,7-8H,6H2,1H3,(H3,13,14). The highest BCUT2D eigenvalue weighted by molar-refractivity contribution is 5.79. The monoisotopic (exact) mass is 214 g/mol. The third-order valence-electron chi connectivity index (χ3n) is 2.40. The van der Waals surface area contributed by atoms with E-state index in [0.717, 1.165) is 11.4 Å². The number of benzene rings is 1. The number of aryl methyl sites for hydroxylation is 1. The fourth-order valence-corrected chi connectivity index (χ4v) is 1.59. The van der Waals surface area contributed by atoms with Gasteiger partial charge in [-0.05, 0) is 19.1 Å². The van der Waals surface area contributed by atoms with Crippen LogP contribution in [0.1, 0.15) is 11.3 Å². The molecule has 0 unspecified atom stereocenters. The fourth-order valence-electron chi connectivity index (χ4n) is 1.59. The Morgan fingerprint density at radius 1 is 1.38 bits per heavy atom. The summed E-state index contributed by atoms with van der Waals surface area (Å²) < 4.78 is 1.95. The van der Waals surface area contributed by atoms with Crippen LogP contribution in [0.25, 0.3) is 5.69 Å². The molecule has 0 bridgehead atoms. The molecule has 16 heavy (non-hydrogen) atoms. The molecule has 4 heteroatoms. The number of hydrogen-bond donors (Lipinski definition) is 2. The molecule has 0 aliphatic rings. The summed E-state index contributed by atoms with van der Waals surface area (Å²) in [6.45, 7) is 2.05. The second kappa shape index (κ2) is 4.18. The molecule has 82 valence electrons. The van der Waals surface area contributed by atoms with Crippen molar-refractivity contribution in [2.45, 2.75) is 13.3 Å². The van der Waals surface area contributed by atoms with Gasteiger partial charge in [-0.25, -0.2) is 4.98 Å². The summed E-state index contributed by atoms with van der Waals surface area (Å²) in [5.74, 6) is 0.147. The van der Waals surface area contributed by atoms with E-state index in [1.165, 1.54) is 5.56 Å². The molecule has 3 N–H and O–H groups in total. The second-order valence-corrected chi connectivity index (χ2v) is 3.79. The van der Waals surface area contributed by atoms with Gasteiger partial charge in [-0.2, -0.15) is 0 Å². The largest absolute Gasteiger partial charge is 0.387 e. The number of aromatic nitrogens is 2. The predicted octanol–water partition coefficient (Wildman–Crippen LogP) is 1.66. The molecule has 0 radical (unpaired) electrons. The van der Waals surface area contributed by atoms with Gasteiger partial charge in [0.15, 0.2) is 0 Å². The highest BCUT2D eigenvalue weighted by atomic mass is 15.1. The SMILES string of the molecule is Cc1ccc(-n2cncc2CC(=N)N)cc1. The predicted molar refractivity (Wildman–Crippen MR) is 63.9 cm³/mol. The van der Waals surface area contributed by atoms with E-state index < -0.39 is 0 Å². The highest BCUT2D eigenvalue weighted by Gasteiger charge is 2.05. The van der Waals surface area contributed by atoms with Crippen molar-refractivity contribution in [1.29, 1.82) is 5.41 Å². The summed E-state index contributed by atoms with van der Waals surface area (Å²) in [7, 11) is 0. The molecular weight excluding hydrogens is 200 g/mol. The van der Waals surface area contributed by atoms with E-state index in [-0.39, 0.29) is 5.84 Å². The molecule has 1 aromatic heterocycles. The Morgan fingerprint density at radius 2 is 2.06 bits per heavy atom. The minimum atomic E-state index is 0.147. The van der Waals surface area contributed by atoms with Gasteiger partial charge in [0.1, 0.15) is 0 Å². The van der Waals surface area contributed by atoms with Gasteiger partial charge in [-0.15, -0.1) is 0 Å². The number of hydrogen-bond acceptors (Lipinski definition) is 2. The number of nitrogens with one attached hydrogen (secondary N) is 1. The zero-order valence-electron chi connectivity index (χ0n) is 9.14. The van der Waals surface area contributed by atoms with Gasteiger partial charge >= 0.3 is 0 Å². The van der Waals surface area contributed by atoms with E-state index in [1.807, 2.05) is 35.8 Å². The van der Waals surface area contributed by atoms with Crippen LogP contribution in [0.3, 0.4) is 0 Å². The van der Waals surface area contributed by atoms with Crippen LogP contribution in [0, 0.1) is 12.3 Å². The molecule has 0 aliphatic carbocycles. The maximum absolute atomic E-state index is 7.30. The fraction of sp³-hybridized carbons (Fsp3) is 0.167. The molecule has 0 atom stereocenters. The zero-order valence-corrected chi connectivity index (χ0v) is 9.14. The maximum atomic E-state index is 7.30. The van der Waals surface area contributed by atoms with E-state index in [9.17, 15) is 0 Å². The van der Waals surface area contributed by atoms with Gasteiger partial charge in [0.2, 0.25) is 0 Å². The van der Waals surface area contributed by atoms with Crippen molar-refractivity contribution >= 4 is 5.84 Å². The Balaban J connectivity index is 2.36. The molecule has 0 aliphatic heterocycles. The van der Waals surface area contributed by atoms with Crippen molar-refractivity contribution in [3.63, 3.8) is 0 Å². The second-order valence-electron chi connectivity index (χ2n) is 3.79. The average Bonchev–Trinajstić information content (AvgIpc) is 2.66. The maximum Gasteiger partial charge on any atom is 0.0994 e. The molecule has 0 fully saturated rings. The van der Waals surface area contributed by atoms with E-state index in [0.29, 0.717) is 6.42 Å². The summed E-state index contributed by atoms with van der Waals surface area (Å²) in [5, 5.41) is 7.30. The Kier molecular flexibility index (Phi) is 2.72. The van der Waals surface area contributed by atoms with E-state index >= 15 is 0 Å². The first-order valence-electron chi connectivity index (χ1n) is 5.08. The molecule has 0 spiro atoms. The van der Waals surface area contributed by atoms with Crippen LogP contribution in [0.2, 0.25) is 0 Å². The van der Waals surface area contributed by atoms with Crippen LogP contribution in [-0.2, 0) is 6.42 Å². The topological polar surface area (TPSA) is 67.7 Å². The Labute approximate surface area is 94.2 Å². The first kappa shape index (κ1) is 10.4. The van der Waals surface area contributed by atoms with E-state index in [1.54, 1.807) is 12.5 Å². The average molecular weight is 214 g/mol. The normalized spacial score (nSPS) is 10.3. The third-order valence-corrected chi connectivity index (χ3v) is 2.40. The number of nitrogens with two attached hydrogens (primary N) is 1. The minimum Gasteiger partial charge on any atom is -0.387 e. The Hall–Kier alpha value is -2.10. The van der Waals surface area contributed by atoms with Crippen LogP contribution in [0.15, 0.2) is 36.8 Å². The van der Waals surface area contributed by atoms with Crippen molar-refractivity contribution < 1.29 is 0 Å². The molecule has 1 heterocycles. The molecular formula is C12H14N4. The summed E-state index contributed by atoms with van der Waals surface area (Å²) in [6.07, 6.45) is 3.90. The smallest absolute Gasteiger partial charge is 0.0994 e. The van der Waals surface area contributed by atoms with Crippen LogP contribution in [-0.4, -0.2) is 15.4 Å². The lowest BCUT2D eigenvalue weighted by molar-refractivity contribution is 0.974. The van der Waals surface area contributed by atoms with Crippen molar-refractivity contribution in [2.24, 2.45) is 5.73 Å². The van der Waals surface area contributed by atoms with Crippen molar-refractivity contribution in [3.05, 3.63) is 48.0 Å².